The third-order valence-electron chi connectivity index (χ3n) is 5.16. The minimum Gasteiger partial charge on any atom is -0.393 e. The molecule has 1 amide bonds. The number of amides is 1. The van der Waals surface area contributed by atoms with E-state index in [4.69, 9.17) is 0 Å². The van der Waals surface area contributed by atoms with E-state index < -0.39 is 0 Å². The fraction of sp³-hybridized carbons (Fsp3) is 0.333. The molecular formula is C21H22FN3O2. The smallest absolute Gasteiger partial charge is 0.224 e. The predicted molar refractivity (Wildman–Crippen MR) is 102 cm³/mol. The van der Waals surface area contributed by atoms with Crippen LogP contribution in [0.3, 0.4) is 0 Å². The largest absolute Gasteiger partial charge is 0.393 e. The maximum atomic E-state index is 13.3. The Kier molecular flexibility index (Phi) is 4.90. The van der Waals surface area contributed by atoms with Crippen molar-refractivity contribution in [2.24, 2.45) is 0 Å². The van der Waals surface area contributed by atoms with Crippen LogP contribution < -0.4 is 0 Å². The number of aliphatic hydroxyl groups excluding tert-OH is 1. The van der Waals surface area contributed by atoms with Crippen LogP contribution in [-0.2, 0) is 11.3 Å². The van der Waals surface area contributed by atoms with E-state index >= 15 is 0 Å². The van der Waals surface area contributed by atoms with Gasteiger partial charge in [0, 0.05) is 37.6 Å². The van der Waals surface area contributed by atoms with Gasteiger partial charge in [-0.2, -0.15) is 0 Å². The zero-order chi connectivity index (χ0) is 18.8. The van der Waals surface area contributed by atoms with E-state index in [0.717, 1.165) is 22.3 Å². The van der Waals surface area contributed by atoms with Gasteiger partial charge in [-0.15, -0.1) is 0 Å². The van der Waals surface area contributed by atoms with E-state index in [1.807, 2.05) is 27.7 Å². The highest BCUT2D eigenvalue weighted by Crippen LogP contribution is 2.28. The summed E-state index contributed by atoms with van der Waals surface area (Å²) in [6.45, 7) is 1.72. The third kappa shape index (κ3) is 3.71. The van der Waals surface area contributed by atoms with Gasteiger partial charge in [-0.05, 0) is 60.9 Å². The Morgan fingerprint density at radius 2 is 1.93 bits per heavy atom. The second-order valence-corrected chi connectivity index (χ2v) is 6.97. The van der Waals surface area contributed by atoms with E-state index in [9.17, 15) is 14.3 Å². The molecule has 0 aliphatic carbocycles. The number of likely N-dealkylation sites (tertiary alicyclic amines) is 1. The molecule has 5 nitrogen and oxygen atoms in total. The molecule has 1 fully saturated rings. The lowest BCUT2D eigenvalue weighted by molar-refractivity contribution is -0.133. The fourth-order valence-corrected chi connectivity index (χ4v) is 3.65. The van der Waals surface area contributed by atoms with Gasteiger partial charge in [0.2, 0.25) is 5.91 Å². The number of carbonyl (C=O) groups excluding carboxylic acids is 1. The number of aryl methyl sites for hydroxylation is 1. The molecule has 0 bridgehead atoms. The fourth-order valence-electron chi connectivity index (χ4n) is 3.65. The molecule has 0 saturated carbocycles. The van der Waals surface area contributed by atoms with Crippen molar-refractivity contribution in [3.63, 3.8) is 0 Å². The summed E-state index contributed by atoms with van der Waals surface area (Å²) in [6, 6.07) is 12.3. The van der Waals surface area contributed by atoms with Crippen molar-refractivity contribution in [2.75, 3.05) is 13.1 Å². The molecule has 2 aromatic heterocycles. The first-order valence-electron chi connectivity index (χ1n) is 9.28. The van der Waals surface area contributed by atoms with E-state index in [1.165, 1.54) is 12.1 Å². The Morgan fingerprint density at radius 1 is 1.19 bits per heavy atom. The van der Waals surface area contributed by atoms with Gasteiger partial charge in [0.15, 0.2) is 0 Å². The second-order valence-electron chi connectivity index (χ2n) is 6.97. The number of fused-ring (bicyclic) bond motifs is 1. The molecular weight excluding hydrogens is 345 g/mol. The number of aliphatic hydroxyl groups is 1. The van der Waals surface area contributed by atoms with Gasteiger partial charge in [-0.25, -0.2) is 9.37 Å². The van der Waals surface area contributed by atoms with Gasteiger partial charge in [0.1, 0.15) is 11.5 Å². The molecule has 1 saturated heterocycles. The van der Waals surface area contributed by atoms with Crippen LogP contribution in [-0.4, -0.2) is 44.7 Å². The molecule has 1 aliphatic rings. The van der Waals surface area contributed by atoms with Crippen LogP contribution in [0.2, 0.25) is 0 Å². The van der Waals surface area contributed by atoms with Crippen molar-refractivity contribution < 1.29 is 14.3 Å². The minimum atomic E-state index is -0.295. The normalized spacial score (nSPS) is 15.4. The highest BCUT2D eigenvalue weighted by molar-refractivity contribution is 5.84. The Morgan fingerprint density at radius 3 is 2.67 bits per heavy atom. The Bertz CT molecular complexity index is 944. The number of hydrogen-bond donors (Lipinski definition) is 1. The van der Waals surface area contributed by atoms with Gasteiger partial charge >= 0.3 is 0 Å². The highest BCUT2D eigenvalue weighted by atomic mass is 19.1. The molecule has 0 unspecified atom stereocenters. The first kappa shape index (κ1) is 17.7. The average molecular weight is 367 g/mol. The monoisotopic (exact) mass is 367 g/mol. The molecule has 27 heavy (non-hydrogen) atoms. The summed E-state index contributed by atoms with van der Waals surface area (Å²) in [7, 11) is 0. The number of benzene rings is 1. The quantitative estimate of drug-likeness (QED) is 0.770. The Labute approximate surface area is 157 Å². The minimum absolute atomic E-state index is 0.0877. The molecule has 6 heteroatoms. The summed E-state index contributed by atoms with van der Waals surface area (Å²) < 4.78 is 15.3. The molecule has 1 aliphatic heterocycles. The van der Waals surface area contributed by atoms with Crippen LogP contribution in [0.25, 0.3) is 22.3 Å². The number of nitrogens with zero attached hydrogens (tertiary/aromatic N) is 3. The van der Waals surface area contributed by atoms with E-state index in [0.29, 0.717) is 38.9 Å². The van der Waals surface area contributed by atoms with Crippen molar-refractivity contribution in [3.05, 3.63) is 54.5 Å². The summed E-state index contributed by atoms with van der Waals surface area (Å²) in [5, 5.41) is 10.6. The van der Waals surface area contributed by atoms with Crippen molar-refractivity contribution in [3.8, 4) is 11.3 Å². The van der Waals surface area contributed by atoms with E-state index in [2.05, 4.69) is 4.98 Å². The first-order chi connectivity index (χ1) is 13.1. The zero-order valence-electron chi connectivity index (χ0n) is 15.0. The first-order valence-corrected chi connectivity index (χ1v) is 9.28. The van der Waals surface area contributed by atoms with Crippen molar-refractivity contribution in [1.82, 2.24) is 14.5 Å². The van der Waals surface area contributed by atoms with Gasteiger partial charge in [0.25, 0.3) is 0 Å². The lowest BCUT2D eigenvalue weighted by atomic mass is 10.1. The Hall–Kier alpha value is -2.73. The number of piperidine rings is 1. The van der Waals surface area contributed by atoms with Crippen LogP contribution in [0.4, 0.5) is 4.39 Å². The molecule has 4 rings (SSSR count). The van der Waals surface area contributed by atoms with Gasteiger partial charge in [-0.3, -0.25) is 4.79 Å². The molecule has 1 aromatic carbocycles. The molecule has 3 aromatic rings. The maximum absolute atomic E-state index is 13.3. The van der Waals surface area contributed by atoms with Gasteiger partial charge in [-0.1, -0.05) is 0 Å². The van der Waals surface area contributed by atoms with Crippen LogP contribution >= 0.6 is 0 Å². The number of carbonyl (C=O) groups is 1. The average Bonchev–Trinajstić information content (AvgIpc) is 3.06. The Balaban J connectivity index is 1.59. The van der Waals surface area contributed by atoms with E-state index in [-0.39, 0.29) is 17.8 Å². The summed E-state index contributed by atoms with van der Waals surface area (Å²) in [4.78, 5) is 18.9. The molecule has 3 heterocycles. The molecule has 0 spiro atoms. The molecule has 0 radical (unpaired) electrons. The topological polar surface area (TPSA) is 58.4 Å². The van der Waals surface area contributed by atoms with Crippen LogP contribution in [0.5, 0.6) is 0 Å². The number of hydrogen-bond acceptors (Lipinski definition) is 3. The van der Waals surface area contributed by atoms with Crippen molar-refractivity contribution in [1.29, 1.82) is 0 Å². The van der Waals surface area contributed by atoms with Crippen LogP contribution in [0, 0.1) is 5.82 Å². The highest BCUT2D eigenvalue weighted by Gasteiger charge is 2.21. The number of aromatic nitrogens is 2. The third-order valence-corrected chi connectivity index (χ3v) is 5.16. The lowest BCUT2D eigenvalue weighted by Crippen LogP contribution is -2.40. The van der Waals surface area contributed by atoms with Crippen molar-refractivity contribution in [2.45, 2.75) is 31.9 Å². The summed E-state index contributed by atoms with van der Waals surface area (Å²) in [5.41, 5.74) is 2.63. The summed E-state index contributed by atoms with van der Waals surface area (Å²) in [5.74, 6) is -0.188. The second kappa shape index (κ2) is 7.48. The number of rotatable bonds is 4. The summed E-state index contributed by atoms with van der Waals surface area (Å²) in [6.07, 6.45) is 3.09. The molecule has 140 valence electrons. The number of halogens is 1. The van der Waals surface area contributed by atoms with Crippen LogP contribution in [0.15, 0.2) is 48.7 Å². The van der Waals surface area contributed by atoms with Gasteiger partial charge in [0.05, 0.1) is 11.8 Å². The van der Waals surface area contributed by atoms with Crippen molar-refractivity contribution >= 4 is 16.9 Å². The van der Waals surface area contributed by atoms with E-state index in [1.54, 1.807) is 18.3 Å². The summed E-state index contributed by atoms with van der Waals surface area (Å²) >= 11 is 0. The lowest BCUT2D eigenvalue weighted by Gasteiger charge is -2.29. The maximum Gasteiger partial charge on any atom is 0.224 e. The molecule has 1 N–H and O–H groups in total. The molecule has 0 atom stereocenters. The number of pyridine rings is 1. The van der Waals surface area contributed by atoms with Crippen LogP contribution in [0.1, 0.15) is 19.3 Å². The predicted octanol–water partition coefficient (Wildman–Crippen LogP) is 3.22. The SMILES string of the molecule is O=C(CCn1c(-c2ccc(F)cc2)cc2cccnc21)N1CCC(O)CC1. The standard InChI is InChI=1S/C21H22FN3O2/c22-17-5-3-15(4-6-17)19-14-16-2-1-10-23-21(16)25(19)13-9-20(27)24-11-7-18(26)8-12-24/h1-6,10,14,18,26H,7-9,11-13H2. The van der Waals surface area contributed by atoms with Gasteiger partial charge < -0.3 is 14.6 Å². The zero-order valence-corrected chi connectivity index (χ0v) is 15.0.